The normalized spacial score (nSPS) is 10.9. The molecule has 0 radical (unpaired) electrons. The van der Waals surface area contributed by atoms with Crippen molar-refractivity contribution < 1.29 is 37.4 Å². The van der Waals surface area contributed by atoms with Gasteiger partial charge in [0.1, 0.15) is 10.7 Å². The van der Waals surface area contributed by atoms with Crippen molar-refractivity contribution in [2.75, 3.05) is 10.0 Å². The summed E-state index contributed by atoms with van der Waals surface area (Å²) < 4.78 is 41.6. The minimum atomic E-state index is -4.46. The summed E-state index contributed by atoms with van der Waals surface area (Å²) in [5.41, 5.74) is -0.262. The molecule has 32 heavy (non-hydrogen) atoms. The number of halogens is 1. The number of benzene rings is 3. The zero-order chi connectivity index (χ0) is 23.5. The van der Waals surface area contributed by atoms with E-state index in [1.165, 1.54) is 24.3 Å². The van der Waals surface area contributed by atoms with Gasteiger partial charge in [-0.05, 0) is 53.6 Å². The molecule has 0 aromatic heterocycles. The van der Waals surface area contributed by atoms with Crippen LogP contribution in [0.1, 0.15) is 31.1 Å². The van der Waals surface area contributed by atoms with Crippen LogP contribution in [0.4, 0.5) is 15.8 Å². The molecular weight excluding hydrogens is 443 g/mol. The van der Waals surface area contributed by atoms with E-state index in [-0.39, 0.29) is 28.1 Å². The van der Waals surface area contributed by atoms with E-state index in [9.17, 15) is 37.4 Å². The first kappa shape index (κ1) is 22.4. The number of rotatable bonds is 7. The van der Waals surface area contributed by atoms with Crippen molar-refractivity contribution in [3.05, 3.63) is 89.2 Å². The number of hydrogen-bond acceptors (Lipinski definition) is 7. The number of hydrogen-bond donors (Lipinski definition) is 2. The van der Waals surface area contributed by atoms with E-state index in [2.05, 4.69) is 10.0 Å². The van der Waals surface area contributed by atoms with Crippen LogP contribution in [0.2, 0.25) is 0 Å². The molecule has 164 valence electrons. The smallest absolute Gasteiger partial charge is 0.264 e. The molecule has 9 nitrogen and oxygen atoms in total. The van der Waals surface area contributed by atoms with E-state index >= 15 is 0 Å². The maximum atomic E-state index is 14.2. The predicted octanol–water partition coefficient (Wildman–Crippen LogP) is 0.606. The molecule has 3 rings (SSSR count). The monoisotopic (exact) mass is 456 g/mol. The number of nitrogens with one attached hydrogen (secondary N) is 2. The van der Waals surface area contributed by atoms with Gasteiger partial charge in [-0.3, -0.25) is 9.52 Å². The van der Waals surface area contributed by atoms with Crippen molar-refractivity contribution in [3.8, 4) is 0 Å². The molecule has 3 aromatic carbocycles. The third-order valence-electron chi connectivity index (χ3n) is 4.23. The van der Waals surface area contributed by atoms with Gasteiger partial charge in [0.05, 0.1) is 11.9 Å². The predicted molar refractivity (Wildman–Crippen MR) is 107 cm³/mol. The van der Waals surface area contributed by atoms with Gasteiger partial charge in [0, 0.05) is 16.9 Å². The maximum Gasteiger partial charge on any atom is 0.264 e. The van der Waals surface area contributed by atoms with Crippen LogP contribution in [-0.2, 0) is 10.0 Å². The minimum absolute atomic E-state index is 0.0303. The average molecular weight is 456 g/mol. The number of carbonyl (C=O) groups is 3. The second-order valence-corrected chi connectivity index (χ2v) is 8.09. The lowest BCUT2D eigenvalue weighted by Gasteiger charge is -2.12. The molecule has 0 aliphatic heterocycles. The van der Waals surface area contributed by atoms with Crippen molar-refractivity contribution >= 4 is 39.2 Å². The summed E-state index contributed by atoms with van der Waals surface area (Å²) in [6.45, 7) is 0. The minimum Gasteiger partial charge on any atom is -0.545 e. The van der Waals surface area contributed by atoms with Gasteiger partial charge in [0.2, 0.25) is 0 Å². The highest BCUT2D eigenvalue weighted by molar-refractivity contribution is 7.92. The zero-order valence-corrected chi connectivity index (χ0v) is 16.8. The molecule has 0 saturated heterocycles. The fraction of sp³-hybridized carbons (Fsp3) is 0. The lowest BCUT2D eigenvalue weighted by atomic mass is 10.2. The number of carboxylic acids is 2. The zero-order valence-electron chi connectivity index (χ0n) is 16.0. The lowest BCUT2D eigenvalue weighted by Crippen LogP contribution is -2.22. The molecule has 0 aliphatic rings. The molecule has 0 heterocycles. The Hall–Kier alpha value is -4.25. The first-order valence-corrected chi connectivity index (χ1v) is 10.3. The Morgan fingerprint density at radius 2 is 1.19 bits per heavy atom. The molecule has 0 bridgehead atoms. The summed E-state index contributed by atoms with van der Waals surface area (Å²) in [4.78, 5) is 33.2. The van der Waals surface area contributed by atoms with Gasteiger partial charge in [-0.1, -0.05) is 24.3 Å². The fourth-order valence-corrected chi connectivity index (χ4v) is 3.79. The van der Waals surface area contributed by atoms with E-state index < -0.39 is 38.6 Å². The van der Waals surface area contributed by atoms with Crippen LogP contribution in [0.25, 0.3) is 0 Å². The Morgan fingerprint density at radius 1 is 0.719 bits per heavy atom. The molecule has 0 spiro atoms. The first-order chi connectivity index (χ1) is 15.1. The van der Waals surface area contributed by atoms with Gasteiger partial charge in [0.25, 0.3) is 15.9 Å². The Morgan fingerprint density at radius 3 is 1.69 bits per heavy atom. The lowest BCUT2D eigenvalue weighted by molar-refractivity contribution is -0.256. The third kappa shape index (κ3) is 5.08. The molecule has 2 N–H and O–H groups in total. The summed E-state index contributed by atoms with van der Waals surface area (Å²) >= 11 is 0. The summed E-state index contributed by atoms with van der Waals surface area (Å²) in [6, 6.07) is 12.3. The van der Waals surface area contributed by atoms with E-state index in [1.54, 1.807) is 0 Å². The van der Waals surface area contributed by atoms with Crippen molar-refractivity contribution in [2.24, 2.45) is 0 Å². The second kappa shape index (κ2) is 8.86. The number of carboxylic acid groups (broad SMARTS) is 2. The summed E-state index contributed by atoms with van der Waals surface area (Å²) in [5.74, 6) is -4.71. The van der Waals surface area contributed by atoms with Crippen LogP contribution >= 0.6 is 0 Å². The molecule has 1 amide bonds. The van der Waals surface area contributed by atoms with Gasteiger partial charge in [-0.25, -0.2) is 12.8 Å². The number of anilines is 2. The summed E-state index contributed by atoms with van der Waals surface area (Å²) in [6.07, 6.45) is 0. The number of amides is 1. The third-order valence-corrected chi connectivity index (χ3v) is 5.63. The Kier molecular flexibility index (Phi) is 6.21. The molecule has 0 fully saturated rings. The van der Waals surface area contributed by atoms with E-state index in [1.807, 2.05) is 0 Å². The second-order valence-electron chi connectivity index (χ2n) is 6.43. The Labute approximate surface area is 181 Å². The summed E-state index contributed by atoms with van der Waals surface area (Å²) in [7, 11) is -4.46. The average Bonchev–Trinajstić information content (AvgIpc) is 2.74. The topological polar surface area (TPSA) is 156 Å². The van der Waals surface area contributed by atoms with Crippen molar-refractivity contribution in [3.63, 3.8) is 0 Å². The maximum absolute atomic E-state index is 14.2. The highest BCUT2D eigenvalue weighted by atomic mass is 32.2. The number of carbonyl (C=O) groups excluding carboxylic acids is 3. The van der Waals surface area contributed by atoms with Crippen LogP contribution < -0.4 is 20.3 Å². The van der Waals surface area contributed by atoms with Crippen molar-refractivity contribution in [2.45, 2.75) is 4.90 Å². The van der Waals surface area contributed by atoms with Crippen molar-refractivity contribution in [1.29, 1.82) is 0 Å². The molecule has 11 heteroatoms. The molecule has 0 atom stereocenters. The Bertz CT molecular complexity index is 1300. The SMILES string of the molecule is O=C([O-])c1ccc(NC(=O)c2ccc(F)c(S(=O)(=O)Nc3ccc(C(=O)[O-])cc3)c2)cc1. The highest BCUT2D eigenvalue weighted by Crippen LogP contribution is 2.21. The molecule has 0 aliphatic carbocycles. The van der Waals surface area contributed by atoms with Crippen LogP contribution in [-0.4, -0.2) is 26.3 Å². The standard InChI is InChI=1S/C21H15FN2O7S/c22-17-10-5-14(19(25)23-15-6-1-12(2-7-15)20(26)27)11-18(17)32(30,31)24-16-8-3-13(4-9-16)21(28)29/h1-11,24H,(H,23,25)(H,26,27)(H,28,29)/p-2. The molecule has 0 unspecified atom stereocenters. The van der Waals surface area contributed by atoms with E-state index in [0.717, 1.165) is 42.5 Å². The van der Waals surface area contributed by atoms with E-state index in [0.29, 0.717) is 0 Å². The van der Waals surface area contributed by atoms with Gasteiger partial charge in [-0.15, -0.1) is 0 Å². The number of sulfonamides is 1. The van der Waals surface area contributed by atoms with Gasteiger partial charge in [0.15, 0.2) is 0 Å². The molecule has 0 saturated carbocycles. The molecular formula is C21H13FN2O7S-2. The largest absolute Gasteiger partial charge is 0.545 e. The fourth-order valence-electron chi connectivity index (χ4n) is 2.63. The molecule has 3 aromatic rings. The van der Waals surface area contributed by atoms with Crippen molar-refractivity contribution in [1.82, 2.24) is 0 Å². The quantitative estimate of drug-likeness (QED) is 0.527. The summed E-state index contributed by atoms with van der Waals surface area (Å²) in [5, 5.41) is 24.0. The van der Waals surface area contributed by atoms with E-state index in [4.69, 9.17) is 0 Å². The van der Waals surface area contributed by atoms with Gasteiger partial charge in [-0.2, -0.15) is 0 Å². The van der Waals surface area contributed by atoms with Gasteiger partial charge < -0.3 is 25.1 Å². The number of aromatic carboxylic acids is 2. The van der Waals surface area contributed by atoms with Crippen LogP contribution in [0, 0.1) is 5.82 Å². The highest BCUT2D eigenvalue weighted by Gasteiger charge is 2.21. The van der Waals surface area contributed by atoms with Crippen LogP contribution in [0.5, 0.6) is 0 Å². The van der Waals surface area contributed by atoms with Crippen LogP contribution in [0.3, 0.4) is 0 Å². The van der Waals surface area contributed by atoms with Gasteiger partial charge >= 0.3 is 0 Å². The first-order valence-electron chi connectivity index (χ1n) is 8.83. The Balaban J connectivity index is 1.82. The van der Waals surface area contributed by atoms with Crippen LogP contribution in [0.15, 0.2) is 71.6 Å².